The van der Waals surface area contributed by atoms with E-state index in [-0.39, 0.29) is 5.91 Å². The van der Waals surface area contributed by atoms with Gasteiger partial charge in [-0.05, 0) is 56.7 Å². The molecule has 0 radical (unpaired) electrons. The van der Waals surface area contributed by atoms with E-state index in [4.69, 9.17) is 5.73 Å². The highest BCUT2D eigenvalue weighted by Crippen LogP contribution is 2.27. The van der Waals surface area contributed by atoms with Crippen molar-refractivity contribution in [2.24, 2.45) is 17.6 Å². The average Bonchev–Trinajstić information content (AvgIpc) is 2.43. The number of rotatable bonds is 8. The number of hydrogen-bond acceptors (Lipinski definition) is 3. The van der Waals surface area contributed by atoms with Crippen LogP contribution in [0.4, 0.5) is 0 Å². The highest BCUT2D eigenvalue weighted by molar-refractivity contribution is 7.99. The van der Waals surface area contributed by atoms with Crippen molar-refractivity contribution in [1.29, 1.82) is 0 Å². The van der Waals surface area contributed by atoms with E-state index in [1.807, 2.05) is 11.8 Å². The van der Waals surface area contributed by atoms with Gasteiger partial charge in [0.1, 0.15) is 0 Å². The standard InChI is InChI=1S/C16H32N2OS/c1-12(2)13(9-10-17)7-8-16(19)18-14-5-4-6-15(11-14)20-3/h12-15H,4-11,17H2,1-3H3,(H,18,19). The molecule has 3 atom stereocenters. The molecule has 0 aliphatic heterocycles. The summed E-state index contributed by atoms with van der Waals surface area (Å²) in [6.45, 7) is 5.17. The number of carbonyl (C=O) groups is 1. The molecule has 1 fully saturated rings. The SMILES string of the molecule is CSC1CCCC(NC(=O)CCC(CCN)C(C)C)C1. The largest absolute Gasteiger partial charge is 0.353 e. The van der Waals surface area contributed by atoms with Crippen molar-refractivity contribution in [3.8, 4) is 0 Å². The zero-order valence-electron chi connectivity index (χ0n) is 13.4. The van der Waals surface area contributed by atoms with Crippen LogP contribution in [0.1, 0.15) is 58.8 Å². The molecule has 1 rings (SSSR count). The molecule has 20 heavy (non-hydrogen) atoms. The Balaban J connectivity index is 2.28. The van der Waals surface area contributed by atoms with Crippen LogP contribution in [-0.2, 0) is 4.79 Å². The average molecular weight is 301 g/mol. The van der Waals surface area contributed by atoms with E-state index in [0.717, 1.165) is 37.5 Å². The van der Waals surface area contributed by atoms with Gasteiger partial charge in [0.15, 0.2) is 0 Å². The first-order valence-electron chi connectivity index (χ1n) is 8.09. The van der Waals surface area contributed by atoms with E-state index in [1.54, 1.807) is 0 Å². The van der Waals surface area contributed by atoms with Gasteiger partial charge in [-0.1, -0.05) is 20.3 Å². The predicted molar refractivity (Wildman–Crippen MR) is 88.9 cm³/mol. The van der Waals surface area contributed by atoms with Crippen molar-refractivity contribution in [3.63, 3.8) is 0 Å². The molecule has 1 aliphatic carbocycles. The summed E-state index contributed by atoms with van der Waals surface area (Å²) in [5, 5.41) is 3.97. The smallest absolute Gasteiger partial charge is 0.220 e. The van der Waals surface area contributed by atoms with Gasteiger partial charge in [-0.3, -0.25) is 4.79 Å². The number of hydrogen-bond donors (Lipinski definition) is 2. The minimum absolute atomic E-state index is 0.236. The summed E-state index contributed by atoms with van der Waals surface area (Å²) in [6, 6.07) is 0.403. The van der Waals surface area contributed by atoms with Crippen molar-refractivity contribution in [1.82, 2.24) is 5.32 Å². The van der Waals surface area contributed by atoms with Crippen molar-refractivity contribution in [2.45, 2.75) is 70.1 Å². The van der Waals surface area contributed by atoms with Gasteiger partial charge in [0.25, 0.3) is 0 Å². The van der Waals surface area contributed by atoms with Crippen molar-refractivity contribution in [3.05, 3.63) is 0 Å². The molecule has 118 valence electrons. The molecule has 3 nitrogen and oxygen atoms in total. The molecule has 0 heterocycles. The highest BCUT2D eigenvalue weighted by Gasteiger charge is 2.23. The number of nitrogens with one attached hydrogen (secondary N) is 1. The van der Waals surface area contributed by atoms with Crippen LogP contribution in [0.15, 0.2) is 0 Å². The number of amides is 1. The van der Waals surface area contributed by atoms with Crippen LogP contribution in [0, 0.1) is 11.8 Å². The molecular formula is C16H32N2OS. The van der Waals surface area contributed by atoms with Crippen LogP contribution >= 0.6 is 11.8 Å². The van der Waals surface area contributed by atoms with Crippen LogP contribution in [0.5, 0.6) is 0 Å². The van der Waals surface area contributed by atoms with E-state index in [0.29, 0.717) is 24.3 Å². The van der Waals surface area contributed by atoms with E-state index in [9.17, 15) is 4.79 Å². The summed E-state index contributed by atoms with van der Waals surface area (Å²) in [4.78, 5) is 12.1. The molecule has 0 spiro atoms. The maximum Gasteiger partial charge on any atom is 0.220 e. The fourth-order valence-electron chi connectivity index (χ4n) is 3.13. The lowest BCUT2D eigenvalue weighted by atomic mass is 9.88. The molecule has 4 heteroatoms. The summed E-state index contributed by atoms with van der Waals surface area (Å²) in [5.74, 6) is 1.43. The zero-order valence-corrected chi connectivity index (χ0v) is 14.2. The second-order valence-electron chi connectivity index (χ2n) is 6.41. The molecule has 1 amide bonds. The molecule has 0 aromatic carbocycles. The van der Waals surface area contributed by atoms with E-state index < -0.39 is 0 Å². The highest BCUT2D eigenvalue weighted by atomic mass is 32.2. The van der Waals surface area contributed by atoms with Gasteiger partial charge >= 0.3 is 0 Å². The molecule has 1 saturated carbocycles. The summed E-state index contributed by atoms with van der Waals surface area (Å²) in [7, 11) is 0. The Labute approximate surface area is 128 Å². The van der Waals surface area contributed by atoms with Crippen LogP contribution in [0.3, 0.4) is 0 Å². The van der Waals surface area contributed by atoms with Gasteiger partial charge in [0, 0.05) is 17.7 Å². The first-order valence-corrected chi connectivity index (χ1v) is 9.37. The van der Waals surface area contributed by atoms with Crippen LogP contribution < -0.4 is 11.1 Å². The number of thioether (sulfide) groups is 1. The van der Waals surface area contributed by atoms with Crippen LogP contribution in [-0.4, -0.2) is 30.0 Å². The fraction of sp³-hybridized carbons (Fsp3) is 0.938. The lowest BCUT2D eigenvalue weighted by molar-refractivity contribution is -0.122. The third-order valence-corrected chi connectivity index (χ3v) is 5.64. The molecule has 3 N–H and O–H groups in total. The van der Waals surface area contributed by atoms with E-state index in [2.05, 4.69) is 25.4 Å². The first-order chi connectivity index (χ1) is 9.56. The van der Waals surface area contributed by atoms with Crippen molar-refractivity contribution in [2.75, 3.05) is 12.8 Å². The Bertz CT molecular complexity index is 284. The van der Waals surface area contributed by atoms with Gasteiger partial charge in [0.05, 0.1) is 0 Å². The molecule has 1 aliphatic rings. The number of carbonyl (C=O) groups excluding carboxylic acids is 1. The summed E-state index contributed by atoms with van der Waals surface area (Å²) < 4.78 is 0. The van der Waals surface area contributed by atoms with E-state index in [1.165, 1.54) is 12.8 Å². The van der Waals surface area contributed by atoms with Crippen molar-refractivity contribution >= 4 is 17.7 Å². The van der Waals surface area contributed by atoms with E-state index >= 15 is 0 Å². The Kier molecular flexibility index (Phi) is 8.62. The molecular weight excluding hydrogens is 268 g/mol. The lowest BCUT2D eigenvalue weighted by Crippen LogP contribution is -2.39. The maximum absolute atomic E-state index is 12.1. The molecule has 0 saturated heterocycles. The zero-order chi connectivity index (χ0) is 15.0. The summed E-state index contributed by atoms with van der Waals surface area (Å²) in [6.07, 6.45) is 9.68. The van der Waals surface area contributed by atoms with Crippen molar-refractivity contribution < 1.29 is 4.79 Å². The van der Waals surface area contributed by atoms with Crippen LogP contribution in [0.2, 0.25) is 0 Å². The maximum atomic E-state index is 12.1. The Morgan fingerprint density at radius 3 is 2.70 bits per heavy atom. The van der Waals surface area contributed by atoms with Gasteiger partial charge in [0.2, 0.25) is 5.91 Å². The van der Waals surface area contributed by atoms with Gasteiger partial charge in [-0.2, -0.15) is 11.8 Å². The Hall–Kier alpha value is -0.220. The molecule has 3 unspecified atom stereocenters. The molecule has 0 aromatic rings. The summed E-state index contributed by atoms with van der Waals surface area (Å²) in [5.41, 5.74) is 5.65. The first kappa shape index (κ1) is 17.8. The second kappa shape index (κ2) is 9.67. The Morgan fingerprint density at radius 1 is 1.35 bits per heavy atom. The fourth-order valence-corrected chi connectivity index (χ4v) is 3.96. The monoisotopic (exact) mass is 300 g/mol. The topological polar surface area (TPSA) is 55.1 Å². The third kappa shape index (κ3) is 6.49. The molecule has 0 aromatic heterocycles. The third-order valence-electron chi connectivity index (χ3n) is 4.55. The quantitative estimate of drug-likeness (QED) is 0.724. The van der Waals surface area contributed by atoms with Gasteiger partial charge < -0.3 is 11.1 Å². The predicted octanol–water partition coefficient (Wildman–Crippen LogP) is 3.18. The lowest BCUT2D eigenvalue weighted by Gasteiger charge is -2.29. The normalized spacial score (nSPS) is 24.6. The van der Waals surface area contributed by atoms with Gasteiger partial charge in [-0.15, -0.1) is 0 Å². The van der Waals surface area contributed by atoms with Crippen LogP contribution in [0.25, 0.3) is 0 Å². The summed E-state index contributed by atoms with van der Waals surface area (Å²) >= 11 is 1.94. The Morgan fingerprint density at radius 2 is 2.10 bits per heavy atom. The number of nitrogens with two attached hydrogens (primary N) is 1. The second-order valence-corrected chi connectivity index (χ2v) is 7.55. The van der Waals surface area contributed by atoms with Gasteiger partial charge in [-0.25, -0.2) is 0 Å². The minimum atomic E-state index is 0.236. The molecule has 0 bridgehead atoms. The minimum Gasteiger partial charge on any atom is -0.353 e.